The molecule has 0 fully saturated rings. The van der Waals surface area contributed by atoms with Gasteiger partial charge in [-0.3, -0.25) is 4.79 Å². The normalized spacial score (nSPS) is 12.2. The molecule has 0 aliphatic heterocycles. The fraction of sp³-hybridized carbons (Fsp3) is 0.357. The number of carbonyl (C=O) groups excluding carboxylic acids is 1. The molecule has 2 N–H and O–H groups in total. The number of hydrogen-bond donors (Lipinski definition) is 2. The predicted molar refractivity (Wildman–Crippen MR) is 82.1 cm³/mol. The first kappa shape index (κ1) is 17.5. The van der Waals surface area contributed by atoms with Gasteiger partial charge in [-0.15, -0.1) is 0 Å². The molecule has 114 valence electrons. The van der Waals surface area contributed by atoms with Crippen LogP contribution in [0.1, 0.15) is 22.8 Å². The lowest BCUT2D eigenvalue weighted by molar-refractivity contribution is 0.0943. The Balaban J connectivity index is 2.82. The number of amides is 1. The molecule has 0 heterocycles. The highest BCUT2D eigenvalue weighted by Crippen LogP contribution is 2.17. The number of halogens is 1. The lowest BCUT2D eigenvalue weighted by atomic mass is 10.1. The fourth-order valence-electron chi connectivity index (χ4n) is 1.70. The number of aliphatic hydroxyl groups excluding tert-OH is 1. The van der Waals surface area contributed by atoms with Crippen LogP contribution in [0.2, 0.25) is 5.02 Å². The van der Waals surface area contributed by atoms with Crippen LogP contribution >= 0.6 is 11.6 Å². The zero-order valence-corrected chi connectivity index (χ0v) is 13.3. The average Bonchev–Trinajstić information content (AvgIpc) is 2.34. The number of hydrogen-bond acceptors (Lipinski definition) is 4. The van der Waals surface area contributed by atoms with Crippen LogP contribution in [-0.2, 0) is 9.84 Å². The van der Waals surface area contributed by atoms with Gasteiger partial charge in [-0.25, -0.2) is 8.42 Å². The SMILES string of the molecule is CC(CS(C)(=O)=O)NC(=O)c1ccc(C#CCO)c(Cl)c1. The van der Waals surface area contributed by atoms with Gasteiger partial charge >= 0.3 is 0 Å². The van der Waals surface area contributed by atoms with Crippen molar-refractivity contribution in [2.45, 2.75) is 13.0 Å². The molecule has 1 aromatic carbocycles. The molecule has 21 heavy (non-hydrogen) atoms. The molecule has 0 aliphatic carbocycles. The molecular weight excluding hydrogens is 314 g/mol. The summed E-state index contributed by atoms with van der Waals surface area (Å²) in [6.45, 7) is 1.34. The first-order valence-corrected chi connectivity index (χ1v) is 8.54. The lowest BCUT2D eigenvalue weighted by Gasteiger charge is -2.13. The van der Waals surface area contributed by atoms with Gasteiger partial charge in [0.2, 0.25) is 0 Å². The summed E-state index contributed by atoms with van der Waals surface area (Å²) in [5.74, 6) is 4.58. The van der Waals surface area contributed by atoms with Gasteiger partial charge in [-0.05, 0) is 25.1 Å². The number of carbonyl (C=O) groups is 1. The summed E-state index contributed by atoms with van der Waals surface area (Å²) in [4.78, 5) is 12.0. The number of sulfone groups is 1. The van der Waals surface area contributed by atoms with E-state index in [0.717, 1.165) is 6.26 Å². The zero-order chi connectivity index (χ0) is 16.0. The van der Waals surface area contributed by atoms with Crippen molar-refractivity contribution in [3.8, 4) is 11.8 Å². The average molecular weight is 330 g/mol. The molecular formula is C14H16ClNO4S. The summed E-state index contributed by atoms with van der Waals surface area (Å²) in [5, 5.41) is 11.5. The third-order valence-electron chi connectivity index (χ3n) is 2.46. The summed E-state index contributed by atoms with van der Waals surface area (Å²) < 4.78 is 22.3. The third-order valence-corrected chi connectivity index (χ3v) is 3.88. The van der Waals surface area contributed by atoms with E-state index in [0.29, 0.717) is 16.1 Å². The van der Waals surface area contributed by atoms with Gasteiger partial charge in [0, 0.05) is 23.4 Å². The molecule has 1 aromatic rings. The van der Waals surface area contributed by atoms with E-state index >= 15 is 0 Å². The number of aliphatic hydroxyl groups is 1. The van der Waals surface area contributed by atoms with Crippen LogP contribution in [0.5, 0.6) is 0 Å². The van der Waals surface area contributed by atoms with Gasteiger partial charge in [-0.2, -0.15) is 0 Å². The highest BCUT2D eigenvalue weighted by Gasteiger charge is 2.15. The number of nitrogens with one attached hydrogen (secondary N) is 1. The second kappa shape index (κ2) is 7.46. The van der Waals surface area contributed by atoms with Crippen LogP contribution in [0.4, 0.5) is 0 Å². The van der Waals surface area contributed by atoms with E-state index < -0.39 is 21.8 Å². The second-order valence-electron chi connectivity index (χ2n) is 4.62. The van der Waals surface area contributed by atoms with Crippen molar-refractivity contribution >= 4 is 27.3 Å². The van der Waals surface area contributed by atoms with Crippen LogP contribution in [0.15, 0.2) is 18.2 Å². The van der Waals surface area contributed by atoms with Crippen molar-refractivity contribution in [3.05, 3.63) is 34.3 Å². The van der Waals surface area contributed by atoms with E-state index in [4.69, 9.17) is 16.7 Å². The Bertz CT molecular complexity index is 689. The summed E-state index contributed by atoms with van der Waals surface area (Å²) in [6, 6.07) is 4.06. The standard InChI is InChI=1S/C14H16ClNO4S/c1-10(9-21(2,19)20)16-14(18)12-6-5-11(4-3-7-17)13(15)8-12/h5-6,8,10,17H,7,9H2,1-2H3,(H,16,18). The van der Waals surface area contributed by atoms with Crippen molar-refractivity contribution in [2.24, 2.45) is 0 Å². The van der Waals surface area contributed by atoms with E-state index in [-0.39, 0.29) is 12.4 Å². The van der Waals surface area contributed by atoms with Gasteiger partial charge in [0.05, 0.1) is 10.8 Å². The molecule has 0 saturated carbocycles. The maximum absolute atomic E-state index is 12.0. The Morgan fingerprint density at radius 3 is 2.67 bits per heavy atom. The maximum Gasteiger partial charge on any atom is 0.251 e. The van der Waals surface area contributed by atoms with Gasteiger partial charge < -0.3 is 10.4 Å². The van der Waals surface area contributed by atoms with Crippen LogP contribution in [0.3, 0.4) is 0 Å². The Kier molecular flexibility index (Phi) is 6.21. The molecule has 1 atom stereocenters. The van der Waals surface area contributed by atoms with Crippen molar-refractivity contribution in [1.29, 1.82) is 0 Å². The molecule has 5 nitrogen and oxygen atoms in total. The Morgan fingerprint density at radius 1 is 1.48 bits per heavy atom. The summed E-state index contributed by atoms with van der Waals surface area (Å²) in [5.41, 5.74) is 0.821. The summed E-state index contributed by atoms with van der Waals surface area (Å²) in [6.07, 6.45) is 1.11. The third kappa shape index (κ3) is 6.17. The molecule has 7 heteroatoms. The zero-order valence-electron chi connectivity index (χ0n) is 11.7. The second-order valence-corrected chi connectivity index (χ2v) is 7.21. The quantitative estimate of drug-likeness (QED) is 0.802. The highest BCUT2D eigenvalue weighted by molar-refractivity contribution is 7.90. The van der Waals surface area contributed by atoms with Crippen molar-refractivity contribution in [2.75, 3.05) is 18.6 Å². The predicted octanol–water partition coefficient (Wildman–Crippen LogP) is 0.847. The Hall–Kier alpha value is -1.55. The Labute approximate surface area is 129 Å². The van der Waals surface area contributed by atoms with Gasteiger partial charge in [-0.1, -0.05) is 23.4 Å². The highest BCUT2D eigenvalue weighted by atomic mass is 35.5. The molecule has 0 radical (unpaired) electrons. The number of benzene rings is 1. The largest absolute Gasteiger partial charge is 0.384 e. The first-order valence-electron chi connectivity index (χ1n) is 6.11. The van der Waals surface area contributed by atoms with Crippen molar-refractivity contribution in [3.63, 3.8) is 0 Å². The fourth-order valence-corrected chi connectivity index (χ4v) is 2.91. The minimum atomic E-state index is -3.16. The van der Waals surface area contributed by atoms with Crippen LogP contribution in [-0.4, -0.2) is 44.1 Å². The van der Waals surface area contributed by atoms with Gasteiger partial charge in [0.15, 0.2) is 0 Å². The summed E-state index contributed by atoms with van der Waals surface area (Å²) in [7, 11) is -3.16. The van der Waals surface area contributed by atoms with Crippen molar-refractivity contribution < 1.29 is 18.3 Å². The molecule has 1 rings (SSSR count). The van der Waals surface area contributed by atoms with Crippen LogP contribution < -0.4 is 5.32 Å². The molecule has 0 saturated heterocycles. The first-order chi connectivity index (χ1) is 9.73. The molecule has 0 bridgehead atoms. The smallest absolute Gasteiger partial charge is 0.251 e. The van der Waals surface area contributed by atoms with Crippen LogP contribution in [0, 0.1) is 11.8 Å². The van der Waals surface area contributed by atoms with E-state index in [1.165, 1.54) is 12.1 Å². The topological polar surface area (TPSA) is 83.5 Å². The summed E-state index contributed by atoms with van der Waals surface area (Å²) >= 11 is 5.99. The van der Waals surface area contributed by atoms with E-state index in [1.54, 1.807) is 13.0 Å². The maximum atomic E-state index is 12.0. The van der Waals surface area contributed by atoms with E-state index in [1.807, 2.05) is 0 Å². The minimum absolute atomic E-state index is 0.132. The molecule has 0 aliphatic rings. The molecule has 1 unspecified atom stereocenters. The van der Waals surface area contributed by atoms with Crippen LogP contribution in [0.25, 0.3) is 0 Å². The van der Waals surface area contributed by atoms with Gasteiger partial charge in [0.25, 0.3) is 5.91 Å². The molecule has 0 spiro atoms. The number of rotatable bonds is 4. The monoisotopic (exact) mass is 329 g/mol. The lowest BCUT2D eigenvalue weighted by Crippen LogP contribution is -2.37. The molecule has 1 amide bonds. The van der Waals surface area contributed by atoms with E-state index in [9.17, 15) is 13.2 Å². The van der Waals surface area contributed by atoms with Crippen molar-refractivity contribution in [1.82, 2.24) is 5.32 Å². The van der Waals surface area contributed by atoms with Gasteiger partial charge in [0.1, 0.15) is 16.4 Å². The Morgan fingerprint density at radius 2 is 2.14 bits per heavy atom. The minimum Gasteiger partial charge on any atom is -0.384 e. The molecule has 0 aromatic heterocycles. The van der Waals surface area contributed by atoms with E-state index in [2.05, 4.69) is 17.2 Å².